The third-order valence-electron chi connectivity index (χ3n) is 7.12. The van der Waals surface area contributed by atoms with Crippen molar-refractivity contribution in [2.24, 2.45) is 0 Å². The molecule has 0 saturated carbocycles. The number of carbonyl (C=O) groups is 1. The van der Waals surface area contributed by atoms with E-state index in [1.165, 1.54) is 22.8 Å². The summed E-state index contributed by atoms with van der Waals surface area (Å²) in [5.41, 5.74) is 4.75. The molecule has 3 aromatic carbocycles. The smallest absolute Gasteiger partial charge is 0.305 e. The zero-order valence-corrected chi connectivity index (χ0v) is 19.5. The van der Waals surface area contributed by atoms with Gasteiger partial charge in [0, 0.05) is 24.2 Å². The normalized spacial score (nSPS) is 17.3. The molecule has 0 radical (unpaired) electrons. The number of hydrogen-bond donors (Lipinski definition) is 1. The molecule has 2 amide bonds. The van der Waals surface area contributed by atoms with Crippen molar-refractivity contribution < 1.29 is 9.18 Å². The third-order valence-corrected chi connectivity index (χ3v) is 7.12. The molecule has 3 aromatic rings. The summed E-state index contributed by atoms with van der Waals surface area (Å²) in [6, 6.07) is 22.7. The van der Waals surface area contributed by atoms with Gasteiger partial charge in [0.1, 0.15) is 5.82 Å². The molecule has 0 bridgehead atoms. The monoisotopic (exact) mass is 455 g/mol. The van der Waals surface area contributed by atoms with Crippen LogP contribution in [0.4, 0.5) is 20.6 Å². The zero-order chi connectivity index (χ0) is 23.5. The van der Waals surface area contributed by atoms with E-state index in [4.69, 9.17) is 0 Å². The molecular formula is C29H30FN3O. The van der Waals surface area contributed by atoms with Gasteiger partial charge < -0.3 is 5.32 Å². The maximum atomic E-state index is 14.1. The number of likely N-dealkylation sites (tertiary alicyclic amines) is 1. The van der Waals surface area contributed by atoms with Gasteiger partial charge >= 0.3 is 6.03 Å². The van der Waals surface area contributed by atoms with Crippen LogP contribution < -0.4 is 10.2 Å². The first-order valence-electron chi connectivity index (χ1n) is 11.9. The Labute approximate surface area is 200 Å². The molecule has 0 aliphatic carbocycles. The summed E-state index contributed by atoms with van der Waals surface area (Å²) in [6.07, 6.45) is 6.39. The molecule has 5 heteroatoms. The Morgan fingerprint density at radius 3 is 2.53 bits per heavy atom. The van der Waals surface area contributed by atoms with Crippen LogP contribution in [-0.4, -0.2) is 37.1 Å². The first-order chi connectivity index (χ1) is 16.5. The van der Waals surface area contributed by atoms with Gasteiger partial charge in [0.05, 0.1) is 5.69 Å². The highest BCUT2D eigenvalue weighted by Gasteiger charge is 2.46. The van der Waals surface area contributed by atoms with E-state index < -0.39 is 5.82 Å². The minimum atomic E-state index is -0.425. The number of nitrogens with zero attached hydrogens (tertiary/aromatic N) is 2. The minimum Gasteiger partial charge on any atom is -0.305 e. The molecule has 2 aliphatic rings. The van der Waals surface area contributed by atoms with Gasteiger partial charge in [-0.25, -0.2) is 9.18 Å². The lowest BCUT2D eigenvalue weighted by Gasteiger charge is -2.39. The van der Waals surface area contributed by atoms with Crippen LogP contribution in [0.2, 0.25) is 0 Å². The van der Waals surface area contributed by atoms with E-state index in [1.807, 2.05) is 18.2 Å². The minimum absolute atomic E-state index is 0.0619. The molecule has 1 saturated heterocycles. The maximum Gasteiger partial charge on any atom is 0.326 e. The molecule has 5 rings (SSSR count). The van der Waals surface area contributed by atoms with Crippen LogP contribution in [0.5, 0.6) is 0 Å². The molecule has 174 valence electrons. The second-order valence-electron chi connectivity index (χ2n) is 9.41. The number of rotatable bonds is 4. The molecule has 2 aliphatic heterocycles. The second kappa shape index (κ2) is 9.43. The fourth-order valence-corrected chi connectivity index (χ4v) is 5.20. The van der Waals surface area contributed by atoms with Gasteiger partial charge in [-0.2, -0.15) is 0 Å². The SMILES string of the molecule is Cc1ccc2c(c1)C1(CCN(CC=Cc3ccccc3)CC1)CN2C(=O)Nc1ccccc1F. The lowest BCUT2D eigenvalue weighted by molar-refractivity contribution is 0.180. The van der Waals surface area contributed by atoms with Crippen molar-refractivity contribution in [1.82, 2.24) is 4.90 Å². The standard InChI is InChI=1S/C29H30FN3O/c1-22-13-14-27-24(20-22)29(21-33(27)28(34)31-26-12-6-5-11-25(26)30)15-18-32(19-16-29)17-7-10-23-8-3-2-4-9-23/h2-14,20H,15-19,21H2,1H3,(H,31,34). The van der Waals surface area contributed by atoms with E-state index in [0.29, 0.717) is 6.54 Å². The van der Waals surface area contributed by atoms with Crippen LogP contribution in [0.1, 0.15) is 29.5 Å². The van der Waals surface area contributed by atoms with Gasteiger partial charge in [0.2, 0.25) is 0 Å². The summed E-state index contributed by atoms with van der Waals surface area (Å²) in [5.74, 6) is -0.425. The van der Waals surface area contributed by atoms with E-state index >= 15 is 0 Å². The third kappa shape index (κ3) is 4.48. The molecule has 34 heavy (non-hydrogen) atoms. The van der Waals surface area contributed by atoms with E-state index in [-0.39, 0.29) is 17.1 Å². The highest BCUT2D eigenvalue weighted by molar-refractivity contribution is 6.03. The predicted molar refractivity (Wildman–Crippen MR) is 137 cm³/mol. The average Bonchev–Trinajstić information content (AvgIpc) is 3.16. The number of urea groups is 1. The van der Waals surface area contributed by atoms with E-state index in [1.54, 1.807) is 23.1 Å². The van der Waals surface area contributed by atoms with Crippen molar-refractivity contribution in [3.8, 4) is 0 Å². The van der Waals surface area contributed by atoms with Crippen molar-refractivity contribution in [3.63, 3.8) is 0 Å². The number of halogens is 1. The number of anilines is 2. The molecule has 2 heterocycles. The summed E-state index contributed by atoms with van der Waals surface area (Å²) >= 11 is 0. The van der Waals surface area contributed by atoms with Crippen LogP contribution in [0.3, 0.4) is 0 Å². The van der Waals surface area contributed by atoms with Crippen molar-refractivity contribution in [2.75, 3.05) is 36.4 Å². The summed E-state index contributed by atoms with van der Waals surface area (Å²) in [6.45, 7) is 5.60. The number of amides is 2. The summed E-state index contributed by atoms with van der Waals surface area (Å²) in [5, 5.41) is 2.77. The Hall–Kier alpha value is -3.44. The molecule has 4 nitrogen and oxygen atoms in total. The van der Waals surface area contributed by atoms with Gasteiger partial charge in [-0.1, -0.05) is 72.3 Å². The van der Waals surface area contributed by atoms with Gasteiger partial charge in [-0.05, 0) is 62.2 Å². The van der Waals surface area contributed by atoms with Crippen LogP contribution in [0.25, 0.3) is 6.08 Å². The summed E-state index contributed by atoms with van der Waals surface area (Å²) < 4.78 is 14.1. The highest BCUT2D eigenvalue weighted by Crippen LogP contribution is 2.47. The number of carbonyl (C=O) groups excluding carboxylic acids is 1. The number of piperidine rings is 1. The van der Waals surface area contributed by atoms with Gasteiger partial charge in [-0.15, -0.1) is 0 Å². The van der Waals surface area contributed by atoms with Crippen LogP contribution in [0.15, 0.2) is 78.9 Å². The molecule has 0 atom stereocenters. The molecule has 1 fully saturated rings. The highest BCUT2D eigenvalue weighted by atomic mass is 19.1. The molecule has 1 spiro atoms. The molecule has 0 unspecified atom stereocenters. The zero-order valence-electron chi connectivity index (χ0n) is 19.5. The first-order valence-corrected chi connectivity index (χ1v) is 11.9. The van der Waals surface area contributed by atoms with Crippen LogP contribution in [-0.2, 0) is 5.41 Å². The number of nitrogens with one attached hydrogen (secondary N) is 1. The topological polar surface area (TPSA) is 35.6 Å². The number of para-hydroxylation sites is 1. The van der Waals surface area contributed by atoms with E-state index in [0.717, 1.165) is 38.2 Å². The van der Waals surface area contributed by atoms with E-state index in [9.17, 15) is 9.18 Å². The molecule has 0 aromatic heterocycles. The maximum absolute atomic E-state index is 14.1. The fourth-order valence-electron chi connectivity index (χ4n) is 5.20. The van der Waals surface area contributed by atoms with Crippen molar-refractivity contribution in [1.29, 1.82) is 0 Å². The van der Waals surface area contributed by atoms with Crippen LogP contribution in [0, 0.1) is 12.7 Å². The average molecular weight is 456 g/mol. The molecular weight excluding hydrogens is 425 g/mol. The van der Waals surface area contributed by atoms with Gasteiger partial charge in [0.15, 0.2) is 0 Å². The van der Waals surface area contributed by atoms with Gasteiger partial charge in [0.25, 0.3) is 0 Å². The molecule has 1 N–H and O–H groups in total. The number of hydrogen-bond acceptors (Lipinski definition) is 2. The van der Waals surface area contributed by atoms with Gasteiger partial charge in [-0.3, -0.25) is 9.80 Å². The van der Waals surface area contributed by atoms with Crippen molar-refractivity contribution >= 4 is 23.5 Å². The predicted octanol–water partition coefficient (Wildman–Crippen LogP) is 6.23. The largest absolute Gasteiger partial charge is 0.326 e. The lowest BCUT2D eigenvalue weighted by atomic mass is 9.74. The number of fused-ring (bicyclic) bond motifs is 2. The van der Waals surface area contributed by atoms with Crippen molar-refractivity contribution in [2.45, 2.75) is 25.2 Å². The lowest BCUT2D eigenvalue weighted by Crippen LogP contribution is -2.46. The fraction of sp³-hybridized carbons (Fsp3) is 0.276. The van der Waals surface area contributed by atoms with E-state index in [2.05, 4.69) is 59.6 Å². The Kier molecular flexibility index (Phi) is 6.20. The number of benzene rings is 3. The van der Waals surface area contributed by atoms with Crippen LogP contribution >= 0.6 is 0 Å². The van der Waals surface area contributed by atoms with Crippen molar-refractivity contribution in [3.05, 3.63) is 101 Å². The second-order valence-corrected chi connectivity index (χ2v) is 9.41. The Morgan fingerprint density at radius 1 is 1.03 bits per heavy atom. The quantitative estimate of drug-likeness (QED) is 0.506. The Bertz CT molecular complexity index is 1200. The summed E-state index contributed by atoms with van der Waals surface area (Å²) in [7, 11) is 0. The Balaban J connectivity index is 1.30. The summed E-state index contributed by atoms with van der Waals surface area (Å²) in [4.78, 5) is 17.5. The number of aryl methyl sites for hydroxylation is 1. The Morgan fingerprint density at radius 2 is 1.76 bits per heavy atom. The first kappa shape index (κ1) is 22.4.